The van der Waals surface area contributed by atoms with E-state index in [0.717, 1.165) is 37.3 Å². The topological polar surface area (TPSA) is 55.9 Å². The quantitative estimate of drug-likeness (QED) is 0.425. The van der Waals surface area contributed by atoms with Gasteiger partial charge in [0.1, 0.15) is 5.82 Å². The number of carbonyl (C=O) groups is 2. The standard InChI is InChI=1S/C31H34ClFN4O2/c1-35(2)25-13-11-22(12-14-25)30(38)34-28(21-7-4-3-5-8-21)15-16-36-17-23-19-37(20-24(23)18-36)31(39)29-26(32)9-6-10-27(29)33/h3-14,23-24,28H,15-20H2,1-2H3,(H,34,38)/t23?,24?,28-/m0/s1. The number of anilines is 1. The second kappa shape index (κ2) is 11.8. The summed E-state index contributed by atoms with van der Waals surface area (Å²) in [4.78, 5) is 32.3. The normalized spacial score (nSPS) is 19.5. The van der Waals surface area contributed by atoms with Crippen LogP contribution in [-0.4, -0.2) is 68.4 Å². The molecule has 3 aromatic rings. The summed E-state index contributed by atoms with van der Waals surface area (Å²) >= 11 is 6.13. The molecule has 2 heterocycles. The zero-order valence-corrected chi connectivity index (χ0v) is 23.1. The number of amides is 2. The molecular formula is C31H34ClFN4O2. The molecule has 3 aromatic carbocycles. The minimum Gasteiger partial charge on any atom is -0.378 e. The van der Waals surface area contributed by atoms with Gasteiger partial charge >= 0.3 is 0 Å². The van der Waals surface area contributed by atoms with E-state index in [2.05, 4.69) is 22.3 Å². The smallest absolute Gasteiger partial charge is 0.258 e. The number of nitrogens with one attached hydrogen (secondary N) is 1. The molecule has 0 aliphatic carbocycles. The van der Waals surface area contributed by atoms with Crippen molar-refractivity contribution in [1.29, 1.82) is 0 Å². The highest BCUT2D eigenvalue weighted by molar-refractivity contribution is 6.33. The van der Waals surface area contributed by atoms with Crippen LogP contribution < -0.4 is 10.2 Å². The average Bonchev–Trinajstić information content (AvgIpc) is 3.50. The molecule has 3 atom stereocenters. The number of nitrogens with zero attached hydrogens (tertiary/aromatic N) is 3. The van der Waals surface area contributed by atoms with E-state index in [-0.39, 0.29) is 28.4 Å². The van der Waals surface area contributed by atoms with E-state index in [9.17, 15) is 14.0 Å². The first kappa shape index (κ1) is 27.2. The molecule has 2 aliphatic rings. The van der Waals surface area contributed by atoms with Crippen molar-refractivity contribution in [2.24, 2.45) is 11.8 Å². The Morgan fingerprint density at radius 3 is 2.23 bits per heavy atom. The van der Waals surface area contributed by atoms with Crippen molar-refractivity contribution in [3.63, 3.8) is 0 Å². The highest BCUT2D eigenvalue weighted by atomic mass is 35.5. The molecule has 0 bridgehead atoms. The second-order valence-electron chi connectivity index (χ2n) is 10.8. The summed E-state index contributed by atoms with van der Waals surface area (Å²) in [6.45, 7) is 3.79. The van der Waals surface area contributed by atoms with E-state index in [4.69, 9.17) is 11.6 Å². The fourth-order valence-electron chi connectivity index (χ4n) is 5.77. The number of hydrogen-bond acceptors (Lipinski definition) is 4. The highest BCUT2D eigenvalue weighted by Gasteiger charge is 2.42. The molecule has 2 aliphatic heterocycles. The Kier molecular flexibility index (Phi) is 8.19. The lowest BCUT2D eigenvalue weighted by Gasteiger charge is -2.25. The summed E-state index contributed by atoms with van der Waals surface area (Å²) in [5.74, 6) is -0.300. The first-order valence-corrected chi connectivity index (χ1v) is 13.8. The monoisotopic (exact) mass is 548 g/mol. The van der Waals surface area contributed by atoms with Crippen molar-refractivity contribution in [2.75, 3.05) is 51.7 Å². The van der Waals surface area contributed by atoms with Gasteiger partial charge in [0.05, 0.1) is 16.6 Å². The third-order valence-electron chi connectivity index (χ3n) is 7.91. The first-order chi connectivity index (χ1) is 18.8. The minimum absolute atomic E-state index is 0.0335. The van der Waals surface area contributed by atoms with Crippen LogP contribution in [0.15, 0.2) is 72.8 Å². The number of likely N-dealkylation sites (tertiary alicyclic amines) is 2. The molecule has 2 amide bonds. The Balaban J connectivity index is 1.19. The van der Waals surface area contributed by atoms with Crippen LogP contribution in [0.25, 0.3) is 0 Å². The number of rotatable bonds is 8. The predicted molar refractivity (Wildman–Crippen MR) is 153 cm³/mol. The Morgan fingerprint density at radius 2 is 1.62 bits per heavy atom. The lowest BCUT2D eigenvalue weighted by atomic mass is 10.0. The van der Waals surface area contributed by atoms with E-state index in [0.29, 0.717) is 30.5 Å². The number of fused-ring (bicyclic) bond motifs is 1. The molecule has 0 aromatic heterocycles. The van der Waals surface area contributed by atoms with Gasteiger partial charge in [-0.2, -0.15) is 0 Å². The van der Waals surface area contributed by atoms with Crippen LogP contribution >= 0.6 is 11.6 Å². The molecule has 0 saturated carbocycles. The molecule has 8 heteroatoms. The Bertz CT molecular complexity index is 1280. The van der Waals surface area contributed by atoms with Crippen LogP contribution in [0.3, 0.4) is 0 Å². The maximum absolute atomic E-state index is 14.3. The van der Waals surface area contributed by atoms with Crippen molar-refractivity contribution in [2.45, 2.75) is 12.5 Å². The van der Waals surface area contributed by atoms with Crippen molar-refractivity contribution in [3.05, 3.63) is 100 Å². The van der Waals surface area contributed by atoms with Crippen LogP contribution in [0.1, 0.15) is 38.7 Å². The van der Waals surface area contributed by atoms with Gasteiger partial charge < -0.3 is 20.0 Å². The van der Waals surface area contributed by atoms with Crippen LogP contribution in [0.5, 0.6) is 0 Å². The van der Waals surface area contributed by atoms with Crippen molar-refractivity contribution in [3.8, 4) is 0 Å². The van der Waals surface area contributed by atoms with Gasteiger partial charge in [-0.05, 0) is 60.2 Å². The van der Waals surface area contributed by atoms with Crippen LogP contribution in [-0.2, 0) is 0 Å². The van der Waals surface area contributed by atoms with E-state index < -0.39 is 5.82 Å². The second-order valence-corrected chi connectivity index (χ2v) is 11.2. The summed E-state index contributed by atoms with van der Waals surface area (Å²) in [7, 11) is 3.95. The highest BCUT2D eigenvalue weighted by Crippen LogP contribution is 2.34. The lowest BCUT2D eigenvalue weighted by Crippen LogP contribution is -2.35. The fourth-order valence-corrected chi connectivity index (χ4v) is 6.01. The number of halogens is 2. The van der Waals surface area contributed by atoms with E-state index in [1.54, 1.807) is 11.0 Å². The SMILES string of the molecule is CN(C)c1ccc(C(=O)N[C@@H](CCN2CC3CN(C(=O)c4c(F)cccc4Cl)CC3C2)c2ccccc2)cc1. The Morgan fingerprint density at radius 1 is 0.949 bits per heavy atom. The summed E-state index contributed by atoms with van der Waals surface area (Å²) in [5, 5.41) is 3.40. The number of carbonyl (C=O) groups excluding carboxylic acids is 2. The molecule has 2 saturated heterocycles. The Labute approximate surface area is 234 Å². The fraction of sp³-hybridized carbons (Fsp3) is 0.355. The maximum atomic E-state index is 14.3. The van der Waals surface area contributed by atoms with Gasteiger partial charge in [-0.1, -0.05) is 48.0 Å². The maximum Gasteiger partial charge on any atom is 0.258 e. The van der Waals surface area contributed by atoms with Crippen LogP contribution in [0.4, 0.5) is 10.1 Å². The average molecular weight is 549 g/mol. The summed E-state index contributed by atoms with van der Waals surface area (Å²) in [5.41, 5.74) is 2.72. The largest absolute Gasteiger partial charge is 0.378 e. The van der Waals surface area contributed by atoms with E-state index in [1.807, 2.05) is 61.5 Å². The molecule has 5 rings (SSSR count). The van der Waals surface area contributed by atoms with Gasteiger partial charge in [0.25, 0.3) is 11.8 Å². The molecule has 1 N–H and O–H groups in total. The third kappa shape index (κ3) is 6.10. The molecule has 0 radical (unpaired) electrons. The zero-order chi connectivity index (χ0) is 27.5. The molecule has 6 nitrogen and oxygen atoms in total. The molecule has 0 spiro atoms. The van der Waals surface area contributed by atoms with Gasteiger partial charge in [0.15, 0.2) is 0 Å². The van der Waals surface area contributed by atoms with Crippen molar-refractivity contribution >= 4 is 29.1 Å². The molecule has 204 valence electrons. The number of hydrogen-bond donors (Lipinski definition) is 1. The summed E-state index contributed by atoms with van der Waals surface area (Å²) < 4.78 is 14.3. The minimum atomic E-state index is -0.575. The van der Waals surface area contributed by atoms with Gasteiger partial charge in [0, 0.05) is 58.1 Å². The van der Waals surface area contributed by atoms with Crippen molar-refractivity contribution in [1.82, 2.24) is 15.1 Å². The molecule has 39 heavy (non-hydrogen) atoms. The third-order valence-corrected chi connectivity index (χ3v) is 8.23. The van der Waals surface area contributed by atoms with Crippen LogP contribution in [0, 0.1) is 17.7 Å². The Hall–Kier alpha value is -3.42. The molecule has 2 unspecified atom stereocenters. The van der Waals surface area contributed by atoms with Gasteiger partial charge in [-0.25, -0.2) is 4.39 Å². The van der Waals surface area contributed by atoms with Crippen LogP contribution in [0.2, 0.25) is 5.02 Å². The van der Waals surface area contributed by atoms with Gasteiger partial charge in [-0.15, -0.1) is 0 Å². The van der Waals surface area contributed by atoms with Gasteiger partial charge in [0.2, 0.25) is 0 Å². The van der Waals surface area contributed by atoms with E-state index >= 15 is 0 Å². The van der Waals surface area contributed by atoms with Gasteiger partial charge in [-0.3, -0.25) is 9.59 Å². The zero-order valence-electron chi connectivity index (χ0n) is 22.3. The number of benzene rings is 3. The molecule has 2 fully saturated rings. The predicted octanol–water partition coefficient (Wildman–Crippen LogP) is 5.11. The molecular weight excluding hydrogens is 515 g/mol. The first-order valence-electron chi connectivity index (χ1n) is 13.4. The summed E-state index contributed by atoms with van der Waals surface area (Å²) in [6, 6.07) is 21.9. The van der Waals surface area contributed by atoms with E-state index in [1.165, 1.54) is 12.1 Å². The summed E-state index contributed by atoms with van der Waals surface area (Å²) in [6.07, 6.45) is 0.776. The van der Waals surface area contributed by atoms with Crippen molar-refractivity contribution < 1.29 is 14.0 Å². The lowest BCUT2D eigenvalue weighted by molar-refractivity contribution is 0.0769.